The van der Waals surface area contributed by atoms with Crippen LogP contribution in [0.2, 0.25) is 5.02 Å². The maximum absolute atomic E-state index is 13.0. The Hall–Kier alpha value is -3.35. The number of carbonyl (C=O) groups is 2. The van der Waals surface area contributed by atoms with Crippen LogP contribution in [-0.2, 0) is 27.3 Å². The number of ether oxygens (including phenoxy) is 1. The van der Waals surface area contributed by atoms with Crippen molar-refractivity contribution in [1.29, 1.82) is 0 Å². The molecule has 36 heavy (non-hydrogen) atoms. The van der Waals surface area contributed by atoms with Crippen LogP contribution < -0.4 is 10.2 Å². The Bertz CT molecular complexity index is 1160. The number of benzene rings is 3. The Kier molecular flexibility index (Phi) is 9.91. The SMILES string of the molecule is COCCN(Cc1ccc(Cl)cc1)c1ccc(C(C)CC(=O)O)cc1NC(=O)Cc1ccc(C)cc1. The fraction of sp³-hybridized carbons (Fsp3) is 0.310. The Morgan fingerprint density at radius 3 is 2.33 bits per heavy atom. The Balaban J connectivity index is 1.93. The molecule has 0 heterocycles. The molecular formula is C29H33ClN2O4. The van der Waals surface area contributed by atoms with Gasteiger partial charge in [-0.15, -0.1) is 0 Å². The van der Waals surface area contributed by atoms with Gasteiger partial charge in [0.1, 0.15) is 0 Å². The van der Waals surface area contributed by atoms with E-state index in [0.717, 1.165) is 27.9 Å². The van der Waals surface area contributed by atoms with Gasteiger partial charge in [0.2, 0.25) is 5.91 Å². The normalized spacial score (nSPS) is 11.7. The van der Waals surface area contributed by atoms with E-state index in [1.165, 1.54) is 0 Å². The topological polar surface area (TPSA) is 78.9 Å². The van der Waals surface area contributed by atoms with Gasteiger partial charge in [-0.2, -0.15) is 0 Å². The predicted molar refractivity (Wildman–Crippen MR) is 145 cm³/mol. The van der Waals surface area contributed by atoms with Crippen molar-refractivity contribution in [3.8, 4) is 0 Å². The number of hydrogen-bond acceptors (Lipinski definition) is 4. The number of nitrogens with zero attached hydrogens (tertiary/aromatic N) is 1. The lowest BCUT2D eigenvalue weighted by atomic mass is 9.96. The lowest BCUT2D eigenvalue weighted by Gasteiger charge is -2.28. The molecule has 1 atom stereocenters. The molecule has 0 aromatic heterocycles. The van der Waals surface area contributed by atoms with E-state index in [-0.39, 0.29) is 24.7 Å². The highest BCUT2D eigenvalue weighted by atomic mass is 35.5. The fourth-order valence-corrected chi connectivity index (χ4v) is 4.12. The third-order valence-electron chi connectivity index (χ3n) is 6.02. The van der Waals surface area contributed by atoms with Gasteiger partial charge in [-0.05, 0) is 53.8 Å². The molecular weight excluding hydrogens is 476 g/mol. The molecule has 0 fully saturated rings. The number of carboxylic acids is 1. The smallest absolute Gasteiger partial charge is 0.303 e. The zero-order chi connectivity index (χ0) is 26.1. The molecule has 0 radical (unpaired) electrons. The van der Waals surface area contributed by atoms with Gasteiger partial charge in [0.25, 0.3) is 0 Å². The third kappa shape index (κ3) is 8.11. The van der Waals surface area contributed by atoms with Gasteiger partial charge in [-0.1, -0.05) is 66.6 Å². The van der Waals surface area contributed by atoms with E-state index in [1.807, 2.05) is 80.6 Å². The number of nitrogens with one attached hydrogen (secondary N) is 1. The number of rotatable bonds is 12. The van der Waals surface area contributed by atoms with Gasteiger partial charge < -0.3 is 20.1 Å². The lowest BCUT2D eigenvalue weighted by Crippen LogP contribution is -2.28. The first kappa shape index (κ1) is 27.2. The predicted octanol–water partition coefficient (Wildman–Crippen LogP) is 6.06. The highest BCUT2D eigenvalue weighted by Crippen LogP contribution is 2.32. The first-order valence-corrected chi connectivity index (χ1v) is 12.3. The van der Waals surface area contributed by atoms with Crippen molar-refractivity contribution >= 4 is 34.9 Å². The molecule has 0 aliphatic carbocycles. The maximum Gasteiger partial charge on any atom is 0.303 e. The number of anilines is 2. The molecule has 2 N–H and O–H groups in total. The van der Waals surface area contributed by atoms with Crippen LogP contribution in [0.15, 0.2) is 66.7 Å². The van der Waals surface area contributed by atoms with Crippen LogP contribution >= 0.6 is 11.6 Å². The number of carbonyl (C=O) groups excluding carboxylic acids is 1. The molecule has 0 saturated carbocycles. The van der Waals surface area contributed by atoms with E-state index in [2.05, 4.69) is 10.2 Å². The summed E-state index contributed by atoms with van der Waals surface area (Å²) >= 11 is 6.07. The average Bonchev–Trinajstić information content (AvgIpc) is 2.84. The minimum Gasteiger partial charge on any atom is -0.481 e. The number of aliphatic carboxylic acids is 1. The van der Waals surface area contributed by atoms with Crippen molar-refractivity contribution in [3.63, 3.8) is 0 Å². The number of carboxylic acid groups (broad SMARTS) is 1. The Morgan fingerprint density at radius 1 is 1.03 bits per heavy atom. The van der Waals surface area contributed by atoms with Crippen LogP contribution in [0.25, 0.3) is 0 Å². The standard InChI is InChI=1S/C29H33ClN2O4/c1-20-4-6-22(7-5-20)17-28(33)31-26-18-24(21(2)16-29(34)35)10-13-27(26)32(14-15-36-3)19-23-8-11-25(30)12-9-23/h4-13,18,21H,14-17,19H2,1-3H3,(H,31,33)(H,34,35). The van der Waals surface area contributed by atoms with E-state index < -0.39 is 5.97 Å². The number of aryl methyl sites for hydroxylation is 1. The summed E-state index contributed by atoms with van der Waals surface area (Å²) in [5, 5.41) is 13.0. The second-order valence-corrected chi connectivity index (χ2v) is 9.46. The molecule has 0 bridgehead atoms. The first-order valence-electron chi connectivity index (χ1n) is 11.9. The van der Waals surface area contributed by atoms with Crippen LogP contribution in [0.4, 0.5) is 11.4 Å². The summed E-state index contributed by atoms with van der Waals surface area (Å²) in [7, 11) is 1.65. The summed E-state index contributed by atoms with van der Waals surface area (Å²) in [5.41, 5.74) is 5.46. The zero-order valence-corrected chi connectivity index (χ0v) is 21.7. The first-order chi connectivity index (χ1) is 17.2. The number of methoxy groups -OCH3 is 1. The number of halogens is 1. The highest BCUT2D eigenvalue weighted by molar-refractivity contribution is 6.30. The van der Waals surface area contributed by atoms with Crippen LogP contribution in [-0.4, -0.2) is 37.2 Å². The van der Waals surface area contributed by atoms with E-state index in [9.17, 15) is 14.7 Å². The lowest BCUT2D eigenvalue weighted by molar-refractivity contribution is -0.137. The van der Waals surface area contributed by atoms with E-state index >= 15 is 0 Å². The van der Waals surface area contributed by atoms with Crippen LogP contribution in [0.5, 0.6) is 0 Å². The van der Waals surface area contributed by atoms with Gasteiger partial charge in [0.15, 0.2) is 0 Å². The molecule has 0 saturated heterocycles. The summed E-state index contributed by atoms with van der Waals surface area (Å²) in [5.74, 6) is -1.20. The summed E-state index contributed by atoms with van der Waals surface area (Å²) in [6.45, 7) is 5.57. The molecule has 3 rings (SSSR count). The van der Waals surface area contributed by atoms with E-state index in [1.54, 1.807) is 7.11 Å². The third-order valence-corrected chi connectivity index (χ3v) is 6.27. The molecule has 0 aliphatic heterocycles. The van der Waals surface area contributed by atoms with Crippen molar-refractivity contribution in [2.75, 3.05) is 30.5 Å². The fourth-order valence-electron chi connectivity index (χ4n) is 4.00. The quantitative estimate of drug-likeness (QED) is 0.311. The maximum atomic E-state index is 13.0. The van der Waals surface area contributed by atoms with Crippen molar-refractivity contribution in [3.05, 3.63) is 94.0 Å². The molecule has 190 valence electrons. The van der Waals surface area contributed by atoms with Gasteiger partial charge >= 0.3 is 5.97 Å². The monoisotopic (exact) mass is 508 g/mol. The van der Waals surface area contributed by atoms with Crippen LogP contribution in [0.1, 0.15) is 41.5 Å². The molecule has 1 amide bonds. The van der Waals surface area contributed by atoms with Gasteiger partial charge in [-0.25, -0.2) is 0 Å². The zero-order valence-electron chi connectivity index (χ0n) is 21.0. The molecule has 7 heteroatoms. The average molecular weight is 509 g/mol. The second kappa shape index (κ2) is 13.1. The van der Waals surface area contributed by atoms with Gasteiger partial charge in [0, 0.05) is 25.2 Å². The van der Waals surface area contributed by atoms with E-state index in [0.29, 0.717) is 30.4 Å². The second-order valence-electron chi connectivity index (χ2n) is 9.03. The molecule has 0 aliphatic rings. The minimum absolute atomic E-state index is 0.00820. The summed E-state index contributed by atoms with van der Waals surface area (Å²) < 4.78 is 5.35. The van der Waals surface area contributed by atoms with Crippen LogP contribution in [0, 0.1) is 6.92 Å². The van der Waals surface area contributed by atoms with Crippen molar-refractivity contribution in [2.24, 2.45) is 0 Å². The Morgan fingerprint density at radius 2 is 1.69 bits per heavy atom. The molecule has 3 aromatic rings. The molecule has 6 nitrogen and oxygen atoms in total. The summed E-state index contributed by atoms with van der Waals surface area (Å²) in [6.07, 6.45) is 0.248. The van der Waals surface area contributed by atoms with E-state index in [4.69, 9.17) is 16.3 Å². The summed E-state index contributed by atoms with van der Waals surface area (Å²) in [4.78, 5) is 26.5. The number of hydrogen-bond donors (Lipinski definition) is 2. The van der Waals surface area contributed by atoms with Crippen molar-refractivity contribution in [2.45, 2.75) is 39.2 Å². The highest BCUT2D eigenvalue weighted by Gasteiger charge is 2.18. The Labute approximate surface area is 217 Å². The van der Waals surface area contributed by atoms with Crippen molar-refractivity contribution in [1.82, 2.24) is 0 Å². The number of amides is 1. The van der Waals surface area contributed by atoms with Crippen molar-refractivity contribution < 1.29 is 19.4 Å². The largest absolute Gasteiger partial charge is 0.481 e. The van der Waals surface area contributed by atoms with Crippen LogP contribution in [0.3, 0.4) is 0 Å². The molecule has 0 spiro atoms. The minimum atomic E-state index is -0.860. The molecule has 3 aromatic carbocycles. The summed E-state index contributed by atoms with van der Waals surface area (Å²) in [6, 6.07) is 21.3. The van der Waals surface area contributed by atoms with Gasteiger partial charge in [-0.3, -0.25) is 9.59 Å². The molecule has 1 unspecified atom stereocenters. The van der Waals surface area contributed by atoms with Gasteiger partial charge in [0.05, 0.1) is 30.8 Å².